The number of rotatable bonds is 1. The van der Waals surface area contributed by atoms with Gasteiger partial charge in [0.05, 0.1) is 5.02 Å². The number of hydrogen-bond acceptors (Lipinski definition) is 2. The third kappa shape index (κ3) is 2.04. The predicted molar refractivity (Wildman–Crippen MR) is 70.5 cm³/mol. The summed E-state index contributed by atoms with van der Waals surface area (Å²) in [6, 6.07) is 1.94. The molecule has 1 aromatic heterocycles. The van der Waals surface area contributed by atoms with Gasteiger partial charge in [0.1, 0.15) is 5.69 Å². The van der Waals surface area contributed by atoms with Crippen molar-refractivity contribution in [1.82, 2.24) is 9.88 Å². The van der Waals surface area contributed by atoms with Gasteiger partial charge in [0.15, 0.2) is 0 Å². The molecule has 3 N–H and O–H groups in total. The first kappa shape index (κ1) is 12.1. The Morgan fingerprint density at radius 1 is 1.44 bits per heavy atom. The summed E-state index contributed by atoms with van der Waals surface area (Å²) >= 11 is 5.83. The second-order valence-corrected chi connectivity index (χ2v) is 5.90. The molecule has 0 aromatic carbocycles. The highest BCUT2D eigenvalue weighted by Crippen LogP contribution is 2.36. The number of nitrogens with zero attached hydrogens (tertiary/aromatic N) is 1. The molecule has 2 fully saturated rings. The lowest BCUT2D eigenvalue weighted by molar-refractivity contribution is 0.0778. The van der Waals surface area contributed by atoms with Crippen LogP contribution in [0.15, 0.2) is 12.3 Å². The van der Waals surface area contributed by atoms with Crippen LogP contribution >= 0.6 is 11.6 Å². The van der Waals surface area contributed by atoms with Crippen LogP contribution in [0.25, 0.3) is 0 Å². The second-order valence-electron chi connectivity index (χ2n) is 5.46. The number of amides is 1. The zero-order valence-corrected chi connectivity index (χ0v) is 11.0. The van der Waals surface area contributed by atoms with Crippen molar-refractivity contribution in [1.29, 1.82) is 0 Å². The molecule has 3 atom stereocenters. The highest BCUT2D eigenvalue weighted by atomic mass is 35.5. The lowest BCUT2D eigenvalue weighted by atomic mass is 9.78. The smallest absolute Gasteiger partial charge is 0.270 e. The molecule has 1 saturated heterocycles. The van der Waals surface area contributed by atoms with Crippen molar-refractivity contribution in [3.8, 4) is 0 Å². The largest absolute Gasteiger partial charge is 0.356 e. The van der Waals surface area contributed by atoms with Crippen LogP contribution in [0.2, 0.25) is 5.02 Å². The molecule has 5 heteroatoms. The van der Waals surface area contributed by atoms with Crippen LogP contribution < -0.4 is 5.73 Å². The van der Waals surface area contributed by atoms with Crippen LogP contribution in [0, 0.1) is 11.8 Å². The molecule has 3 rings (SSSR count). The highest BCUT2D eigenvalue weighted by Gasteiger charge is 2.40. The summed E-state index contributed by atoms with van der Waals surface area (Å²) in [6.45, 7) is 1.63. The Morgan fingerprint density at radius 2 is 2.28 bits per heavy atom. The molecule has 1 saturated carbocycles. The van der Waals surface area contributed by atoms with Crippen molar-refractivity contribution < 1.29 is 4.79 Å². The number of nitrogens with one attached hydrogen (secondary N) is 1. The minimum Gasteiger partial charge on any atom is -0.356 e. The Bertz CT molecular complexity index is 459. The Labute approximate surface area is 111 Å². The maximum atomic E-state index is 12.3. The molecule has 2 aliphatic rings. The van der Waals surface area contributed by atoms with Crippen molar-refractivity contribution in [2.24, 2.45) is 17.6 Å². The summed E-state index contributed by atoms with van der Waals surface area (Å²) in [5.74, 6) is 1.11. The van der Waals surface area contributed by atoms with Gasteiger partial charge in [-0.3, -0.25) is 4.79 Å². The van der Waals surface area contributed by atoms with Crippen LogP contribution in [0.5, 0.6) is 0 Å². The molecule has 2 heterocycles. The van der Waals surface area contributed by atoms with E-state index in [0.717, 1.165) is 19.5 Å². The standard InChI is InChI=1S/C13H18ClN3O/c14-9-4-12(16-5-9)13(18)17-6-8-2-1-3-11(15)10(8)7-17/h4-5,8,10-11,16H,1-3,6-7,15H2. The fourth-order valence-electron chi connectivity index (χ4n) is 3.34. The van der Waals surface area contributed by atoms with Gasteiger partial charge in [0, 0.05) is 25.3 Å². The fraction of sp³-hybridized carbons (Fsp3) is 0.615. The van der Waals surface area contributed by atoms with E-state index in [1.54, 1.807) is 12.3 Å². The molecular formula is C13H18ClN3O. The summed E-state index contributed by atoms with van der Waals surface area (Å²) in [5, 5.41) is 0.576. The number of nitrogens with two attached hydrogens (primary N) is 1. The Hall–Kier alpha value is -1.00. The number of aromatic nitrogens is 1. The average Bonchev–Trinajstić information content (AvgIpc) is 2.95. The molecule has 0 spiro atoms. The number of fused-ring (bicyclic) bond motifs is 1. The topological polar surface area (TPSA) is 62.1 Å². The normalized spacial score (nSPS) is 31.4. The minimum atomic E-state index is 0.0449. The lowest BCUT2D eigenvalue weighted by Gasteiger charge is -2.29. The van der Waals surface area contributed by atoms with Crippen molar-refractivity contribution >= 4 is 17.5 Å². The maximum Gasteiger partial charge on any atom is 0.270 e. The van der Waals surface area contributed by atoms with E-state index in [1.165, 1.54) is 12.8 Å². The Balaban J connectivity index is 1.73. The highest BCUT2D eigenvalue weighted by molar-refractivity contribution is 6.30. The molecule has 4 nitrogen and oxygen atoms in total. The van der Waals surface area contributed by atoms with Crippen molar-refractivity contribution in [2.45, 2.75) is 25.3 Å². The van der Waals surface area contributed by atoms with Gasteiger partial charge in [-0.1, -0.05) is 18.0 Å². The van der Waals surface area contributed by atoms with E-state index in [1.807, 2.05) is 4.90 Å². The van der Waals surface area contributed by atoms with Gasteiger partial charge < -0.3 is 15.6 Å². The molecule has 1 aromatic rings. The van der Waals surface area contributed by atoms with Crippen LogP contribution in [-0.4, -0.2) is 34.9 Å². The number of halogens is 1. The molecule has 0 bridgehead atoms. The van der Waals surface area contributed by atoms with Crippen molar-refractivity contribution in [3.63, 3.8) is 0 Å². The first-order valence-corrected chi connectivity index (χ1v) is 6.91. The summed E-state index contributed by atoms with van der Waals surface area (Å²) in [7, 11) is 0. The zero-order valence-electron chi connectivity index (χ0n) is 10.2. The van der Waals surface area contributed by atoms with Crippen LogP contribution in [0.1, 0.15) is 29.8 Å². The molecule has 1 amide bonds. The Morgan fingerprint density at radius 3 is 2.94 bits per heavy atom. The molecule has 98 valence electrons. The third-order valence-corrected chi connectivity index (χ3v) is 4.54. The molecule has 1 aliphatic carbocycles. The number of carbonyl (C=O) groups is 1. The summed E-state index contributed by atoms with van der Waals surface area (Å²) in [6.07, 6.45) is 5.13. The predicted octanol–water partition coefficient (Wildman–Crippen LogP) is 1.87. The first-order valence-electron chi connectivity index (χ1n) is 6.54. The van der Waals surface area contributed by atoms with E-state index in [9.17, 15) is 4.79 Å². The third-order valence-electron chi connectivity index (χ3n) is 4.32. The van der Waals surface area contributed by atoms with Gasteiger partial charge in [-0.15, -0.1) is 0 Å². The molecule has 3 unspecified atom stereocenters. The zero-order chi connectivity index (χ0) is 12.7. The van der Waals surface area contributed by atoms with E-state index in [0.29, 0.717) is 22.6 Å². The molecule has 18 heavy (non-hydrogen) atoms. The molecule has 1 aliphatic heterocycles. The second kappa shape index (κ2) is 4.59. The number of hydrogen-bond donors (Lipinski definition) is 2. The minimum absolute atomic E-state index is 0.0449. The van der Waals surface area contributed by atoms with Gasteiger partial charge in [-0.2, -0.15) is 0 Å². The summed E-state index contributed by atoms with van der Waals surface area (Å²) < 4.78 is 0. The monoisotopic (exact) mass is 267 g/mol. The van der Waals surface area contributed by atoms with E-state index >= 15 is 0 Å². The maximum absolute atomic E-state index is 12.3. The van der Waals surface area contributed by atoms with E-state index in [2.05, 4.69) is 4.98 Å². The Kier molecular flexibility index (Phi) is 3.08. The number of carbonyl (C=O) groups excluding carboxylic acids is 1. The van der Waals surface area contributed by atoms with Gasteiger partial charge >= 0.3 is 0 Å². The number of H-pyrrole nitrogens is 1. The molecule has 0 radical (unpaired) electrons. The number of aromatic amines is 1. The van der Waals surface area contributed by atoms with Crippen LogP contribution in [0.3, 0.4) is 0 Å². The van der Waals surface area contributed by atoms with Gasteiger partial charge in [0.25, 0.3) is 5.91 Å². The van der Waals surface area contributed by atoms with Gasteiger partial charge in [0.2, 0.25) is 0 Å². The van der Waals surface area contributed by atoms with Crippen molar-refractivity contribution in [2.75, 3.05) is 13.1 Å². The SMILES string of the molecule is NC1CCCC2CN(C(=O)c3cc(Cl)c[nH]3)CC12. The first-order chi connectivity index (χ1) is 8.65. The fourth-order valence-corrected chi connectivity index (χ4v) is 3.51. The van der Waals surface area contributed by atoms with E-state index in [-0.39, 0.29) is 11.9 Å². The van der Waals surface area contributed by atoms with Crippen LogP contribution in [0.4, 0.5) is 0 Å². The van der Waals surface area contributed by atoms with E-state index in [4.69, 9.17) is 17.3 Å². The van der Waals surface area contributed by atoms with Gasteiger partial charge in [-0.25, -0.2) is 0 Å². The summed E-state index contributed by atoms with van der Waals surface area (Å²) in [5.41, 5.74) is 6.73. The van der Waals surface area contributed by atoms with Crippen LogP contribution in [-0.2, 0) is 0 Å². The average molecular weight is 268 g/mol. The summed E-state index contributed by atoms with van der Waals surface area (Å²) in [4.78, 5) is 17.1. The van der Waals surface area contributed by atoms with Gasteiger partial charge in [-0.05, 0) is 30.7 Å². The molecular weight excluding hydrogens is 250 g/mol. The van der Waals surface area contributed by atoms with Crippen molar-refractivity contribution in [3.05, 3.63) is 23.0 Å². The van der Waals surface area contributed by atoms with E-state index < -0.39 is 0 Å². The lowest BCUT2D eigenvalue weighted by Crippen LogP contribution is -2.38. The quantitative estimate of drug-likeness (QED) is 0.816. The number of likely N-dealkylation sites (tertiary alicyclic amines) is 1.